The van der Waals surface area contributed by atoms with Gasteiger partial charge in [0.15, 0.2) is 5.22 Å². The van der Waals surface area contributed by atoms with Crippen LogP contribution in [0.5, 0.6) is 5.75 Å². The van der Waals surface area contributed by atoms with Gasteiger partial charge in [-0.2, -0.15) is 0 Å². The molecule has 2 rings (SSSR count). The van der Waals surface area contributed by atoms with E-state index < -0.39 is 0 Å². The average Bonchev–Trinajstić information content (AvgIpc) is 2.78. The maximum atomic E-state index is 5.96. The highest BCUT2D eigenvalue weighted by molar-refractivity contribution is 6.29. The number of ether oxygens (including phenoxy) is 1. The molecule has 0 radical (unpaired) electrons. The third kappa shape index (κ3) is 2.29. The van der Waals surface area contributed by atoms with Crippen molar-refractivity contribution in [1.82, 2.24) is 5.43 Å². The second-order valence-corrected chi connectivity index (χ2v) is 3.83. The first kappa shape index (κ1) is 12.0. The van der Waals surface area contributed by atoms with E-state index in [0.717, 1.165) is 16.9 Å². The van der Waals surface area contributed by atoms with Crippen LogP contribution >= 0.6 is 11.6 Å². The van der Waals surface area contributed by atoms with E-state index >= 15 is 0 Å². The summed E-state index contributed by atoms with van der Waals surface area (Å²) in [5, 5.41) is 0.318. The monoisotopic (exact) mass is 252 g/mol. The van der Waals surface area contributed by atoms with E-state index in [1.165, 1.54) is 6.26 Å². The van der Waals surface area contributed by atoms with Crippen LogP contribution < -0.4 is 16.0 Å². The highest BCUT2D eigenvalue weighted by Crippen LogP contribution is 2.33. The van der Waals surface area contributed by atoms with Crippen molar-refractivity contribution < 1.29 is 9.15 Å². The molecule has 0 saturated carbocycles. The van der Waals surface area contributed by atoms with Gasteiger partial charge >= 0.3 is 0 Å². The first-order valence-electron chi connectivity index (χ1n) is 5.10. The summed E-state index contributed by atoms with van der Waals surface area (Å²) in [7, 11) is 1.61. The molecule has 2 aromatic rings. The maximum Gasteiger partial charge on any atom is 0.198 e. The maximum absolute atomic E-state index is 5.96. The summed E-state index contributed by atoms with van der Waals surface area (Å²) >= 11 is 5.96. The molecule has 1 atom stereocenters. The van der Waals surface area contributed by atoms with Crippen molar-refractivity contribution >= 4 is 11.6 Å². The molecule has 0 fully saturated rings. The number of methoxy groups -OCH3 is 1. The van der Waals surface area contributed by atoms with E-state index in [4.69, 9.17) is 26.6 Å². The van der Waals surface area contributed by atoms with E-state index in [2.05, 4.69) is 5.43 Å². The topological polar surface area (TPSA) is 60.4 Å². The molecule has 90 valence electrons. The van der Waals surface area contributed by atoms with Crippen LogP contribution in [0.2, 0.25) is 5.22 Å². The zero-order valence-electron chi connectivity index (χ0n) is 9.31. The number of nitrogens with one attached hydrogen (secondary N) is 1. The Morgan fingerprint density at radius 1 is 1.29 bits per heavy atom. The molecule has 1 heterocycles. The van der Waals surface area contributed by atoms with Gasteiger partial charge in [0.1, 0.15) is 5.75 Å². The lowest BCUT2D eigenvalue weighted by Gasteiger charge is -2.18. The predicted octanol–water partition coefficient (Wildman–Crippen LogP) is 2.49. The van der Waals surface area contributed by atoms with Crippen molar-refractivity contribution in [3.05, 3.63) is 52.9 Å². The minimum Gasteiger partial charge on any atom is -0.496 e. The van der Waals surface area contributed by atoms with Crippen molar-refractivity contribution in [2.75, 3.05) is 7.11 Å². The molecule has 4 nitrogen and oxygen atoms in total. The Balaban J connectivity index is 2.46. The second-order valence-electron chi connectivity index (χ2n) is 3.49. The summed E-state index contributed by atoms with van der Waals surface area (Å²) in [6.45, 7) is 0. The van der Waals surface area contributed by atoms with Gasteiger partial charge < -0.3 is 9.15 Å². The Labute approximate surface area is 104 Å². The summed E-state index contributed by atoms with van der Waals surface area (Å²) < 4.78 is 10.4. The Morgan fingerprint density at radius 3 is 2.65 bits per heavy atom. The van der Waals surface area contributed by atoms with E-state index in [0.29, 0.717) is 5.22 Å². The normalized spacial score (nSPS) is 12.4. The summed E-state index contributed by atoms with van der Waals surface area (Å²) in [5.74, 6) is 6.33. The fourth-order valence-electron chi connectivity index (χ4n) is 1.76. The molecule has 0 aliphatic heterocycles. The minimum atomic E-state index is -0.266. The van der Waals surface area contributed by atoms with Gasteiger partial charge in [-0.1, -0.05) is 18.2 Å². The van der Waals surface area contributed by atoms with E-state index in [1.807, 2.05) is 24.3 Å². The fraction of sp³-hybridized carbons (Fsp3) is 0.167. The van der Waals surface area contributed by atoms with Crippen molar-refractivity contribution in [1.29, 1.82) is 0 Å². The lowest BCUT2D eigenvalue weighted by atomic mass is 10.0. The summed E-state index contributed by atoms with van der Waals surface area (Å²) in [6, 6.07) is 9.11. The lowest BCUT2D eigenvalue weighted by Crippen LogP contribution is -2.29. The molecular formula is C12H13ClN2O2. The smallest absolute Gasteiger partial charge is 0.198 e. The number of halogens is 1. The van der Waals surface area contributed by atoms with E-state index in [1.54, 1.807) is 13.2 Å². The van der Waals surface area contributed by atoms with Crippen LogP contribution in [0.1, 0.15) is 17.2 Å². The molecule has 17 heavy (non-hydrogen) atoms. The first-order valence-corrected chi connectivity index (χ1v) is 5.47. The van der Waals surface area contributed by atoms with Crippen molar-refractivity contribution in [2.45, 2.75) is 6.04 Å². The molecule has 0 saturated heterocycles. The summed E-state index contributed by atoms with van der Waals surface area (Å²) in [4.78, 5) is 0. The Hall–Kier alpha value is -1.49. The zero-order valence-corrected chi connectivity index (χ0v) is 10.1. The molecule has 1 aromatic heterocycles. The van der Waals surface area contributed by atoms with Gasteiger partial charge in [-0.05, 0) is 23.7 Å². The van der Waals surface area contributed by atoms with Crippen molar-refractivity contribution in [3.8, 4) is 5.75 Å². The van der Waals surface area contributed by atoms with Crippen LogP contribution in [-0.4, -0.2) is 7.11 Å². The molecule has 5 heteroatoms. The molecule has 0 aliphatic rings. The molecule has 0 bridgehead atoms. The van der Waals surface area contributed by atoms with Gasteiger partial charge in [0.25, 0.3) is 0 Å². The lowest BCUT2D eigenvalue weighted by molar-refractivity contribution is 0.404. The van der Waals surface area contributed by atoms with Gasteiger partial charge in [-0.15, -0.1) is 0 Å². The number of hydrogen-bond donors (Lipinski definition) is 2. The minimum absolute atomic E-state index is 0.266. The summed E-state index contributed by atoms with van der Waals surface area (Å²) in [6.07, 6.45) is 1.53. The van der Waals surface area contributed by atoms with Gasteiger partial charge in [0, 0.05) is 11.1 Å². The molecule has 1 unspecified atom stereocenters. The predicted molar refractivity (Wildman–Crippen MR) is 65.9 cm³/mol. The van der Waals surface area contributed by atoms with Crippen LogP contribution in [0.25, 0.3) is 0 Å². The van der Waals surface area contributed by atoms with E-state index in [9.17, 15) is 0 Å². The van der Waals surface area contributed by atoms with Gasteiger partial charge in [-0.25, -0.2) is 5.43 Å². The molecular weight excluding hydrogens is 240 g/mol. The molecule has 0 amide bonds. The highest BCUT2D eigenvalue weighted by Gasteiger charge is 2.20. The van der Waals surface area contributed by atoms with Crippen molar-refractivity contribution in [2.24, 2.45) is 5.84 Å². The number of rotatable bonds is 4. The Morgan fingerprint density at radius 2 is 2.06 bits per heavy atom. The number of nitrogens with two attached hydrogens (primary N) is 1. The van der Waals surface area contributed by atoms with Gasteiger partial charge in [0.05, 0.1) is 19.4 Å². The molecule has 1 aromatic carbocycles. The number of benzene rings is 1. The fourth-order valence-corrected chi connectivity index (χ4v) is 1.99. The number of para-hydroxylation sites is 1. The second kappa shape index (κ2) is 5.23. The standard InChI is InChI=1S/C12H13ClN2O2/c1-16-10-5-3-2-4-8(10)11(15-14)9-6-7-17-12(9)13/h2-7,11,15H,14H2,1H3. The quantitative estimate of drug-likeness (QED) is 0.648. The van der Waals surface area contributed by atoms with E-state index in [-0.39, 0.29) is 6.04 Å². The Bertz CT molecular complexity index is 499. The van der Waals surface area contributed by atoms with Gasteiger partial charge in [0.2, 0.25) is 0 Å². The van der Waals surface area contributed by atoms with Crippen LogP contribution in [0.4, 0.5) is 0 Å². The average molecular weight is 253 g/mol. The highest BCUT2D eigenvalue weighted by atomic mass is 35.5. The molecule has 3 N–H and O–H groups in total. The number of hydrazine groups is 1. The number of hydrogen-bond acceptors (Lipinski definition) is 4. The Kier molecular flexibility index (Phi) is 3.68. The molecule has 0 aliphatic carbocycles. The SMILES string of the molecule is COc1ccccc1C(NN)c1ccoc1Cl. The van der Waals surface area contributed by atoms with Crippen LogP contribution in [0, 0.1) is 0 Å². The summed E-state index contributed by atoms with van der Waals surface area (Å²) in [5.41, 5.74) is 4.39. The largest absolute Gasteiger partial charge is 0.496 e. The van der Waals surface area contributed by atoms with Crippen LogP contribution in [-0.2, 0) is 0 Å². The molecule has 0 spiro atoms. The third-order valence-corrected chi connectivity index (χ3v) is 2.88. The third-order valence-electron chi connectivity index (χ3n) is 2.57. The zero-order chi connectivity index (χ0) is 12.3. The number of furan rings is 1. The first-order chi connectivity index (χ1) is 8.27. The van der Waals surface area contributed by atoms with Crippen LogP contribution in [0.15, 0.2) is 41.0 Å². The van der Waals surface area contributed by atoms with Crippen molar-refractivity contribution in [3.63, 3.8) is 0 Å². The van der Waals surface area contributed by atoms with Crippen LogP contribution in [0.3, 0.4) is 0 Å². The van der Waals surface area contributed by atoms with Gasteiger partial charge in [-0.3, -0.25) is 5.84 Å².